The van der Waals surface area contributed by atoms with Crippen molar-refractivity contribution in [2.24, 2.45) is 0 Å². The van der Waals surface area contributed by atoms with Crippen LogP contribution >= 0.6 is 15.9 Å². The molecule has 3 nitrogen and oxygen atoms in total. The molecule has 0 aliphatic carbocycles. The van der Waals surface area contributed by atoms with Crippen molar-refractivity contribution in [3.63, 3.8) is 0 Å². The molecule has 1 heterocycles. The predicted octanol–water partition coefficient (Wildman–Crippen LogP) is 1.32. The van der Waals surface area contributed by atoms with Crippen LogP contribution in [0.1, 0.15) is 20.3 Å². The van der Waals surface area contributed by atoms with Gasteiger partial charge in [-0.1, -0.05) is 15.9 Å². The van der Waals surface area contributed by atoms with Crippen LogP contribution < -0.4 is 0 Å². The first-order chi connectivity index (χ1) is 6.34. The lowest BCUT2D eigenvalue weighted by atomic mass is 10.0. The van der Waals surface area contributed by atoms with Crippen LogP contribution in [0.5, 0.6) is 0 Å². The van der Waals surface area contributed by atoms with Gasteiger partial charge in [-0.05, 0) is 34.4 Å². The van der Waals surface area contributed by atoms with E-state index in [1.165, 1.54) is 0 Å². The van der Waals surface area contributed by atoms with E-state index >= 15 is 0 Å². The average molecular weight is 263 g/mol. The summed E-state index contributed by atoms with van der Waals surface area (Å²) in [4.78, 5) is 15.9. The highest BCUT2D eigenvalue weighted by Crippen LogP contribution is 2.26. The fraction of sp³-hybridized carbons (Fsp3) is 0.900. The van der Waals surface area contributed by atoms with Crippen LogP contribution in [0, 0.1) is 0 Å². The number of amides is 1. The highest BCUT2D eigenvalue weighted by molar-refractivity contribution is 9.10. The molecule has 0 saturated carbocycles. The molecule has 1 fully saturated rings. The van der Waals surface area contributed by atoms with Crippen molar-refractivity contribution in [2.75, 3.05) is 27.2 Å². The second-order valence-corrected chi connectivity index (χ2v) is 5.90. The Bertz CT molecular complexity index is 228. The fourth-order valence-corrected chi connectivity index (χ4v) is 2.56. The number of nitrogens with zero attached hydrogens (tertiary/aromatic N) is 2. The largest absolute Gasteiger partial charge is 0.335 e. The van der Waals surface area contributed by atoms with Gasteiger partial charge >= 0.3 is 0 Å². The van der Waals surface area contributed by atoms with Gasteiger partial charge in [-0.25, -0.2) is 0 Å². The quantitative estimate of drug-likeness (QED) is 0.717. The maximum atomic E-state index is 11.8. The van der Waals surface area contributed by atoms with E-state index in [0.29, 0.717) is 0 Å². The van der Waals surface area contributed by atoms with E-state index in [4.69, 9.17) is 0 Å². The first kappa shape index (κ1) is 12.0. The number of hydrogen-bond donors (Lipinski definition) is 0. The van der Waals surface area contributed by atoms with Gasteiger partial charge in [0.25, 0.3) is 0 Å². The Labute approximate surface area is 94.6 Å². The standard InChI is InChI=1S/C10H19BrN2O/c1-10(2,7-12(3)4)13-6-5-8(11)9(13)14/h8H,5-7H2,1-4H3. The summed E-state index contributed by atoms with van der Waals surface area (Å²) < 4.78 is 0. The zero-order chi connectivity index (χ0) is 10.9. The van der Waals surface area contributed by atoms with E-state index in [-0.39, 0.29) is 16.3 Å². The molecule has 1 aliphatic rings. The molecule has 0 radical (unpaired) electrons. The first-order valence-corrected chi connectivity index (χ1v) is 5.86. The molecule has 0 aromatic heterocycles. The lowest BCUT2D eigenvalue weighted by molar-refractivity contribution is -0.132. The van der Waals surface area contributed by atoms with Crippen molar-refractivity contribution in [3.8, 4) is 0 Å². The van der Waals surface area contributed by atoms with E-state index in [2.05, 4.69) is 34.7 Å². The molecule has 1 amide bonds. The zero-order valence-electron chi connectivity index (χ0n) is 9.38. The van der Waals surface area contributed by atoms with Crippen LogP contribution in [0.25, 0.3) is 0 Å². The summed E-state index contributed by atoms with van der Waals surface area (Å²) in [5, 5.41) is 0. The SMILES string of the molecule is CN(C)CC(C)(C)N1CCC(Br)C1=O. The second-order valence-electron chi connectivity index (χ2n) is 4.80. The maximum Gasteiger partial charge on any atom is 0.236 e. The van der Waals surface area contributed by atoms with E-state index in [1.807, 2.05) is 19.0 Å². The second kappa shape index (κ2) is 4.19. The summed E-state index contributed by atoms with van der Waals surface area (Å²) in [5.74, 6) is 0.233. The molecule has 1 unspecified atom stereocenters. The molecule has 0 spiro atoms. The monoisotopic (exact) mass is 262 g/mol. The van der Waals surface area contributed by atoms with Crippen LogP contribution in [-0.2, 0) is 4.79 Å². The summed E-state index contributed by atoms with van der Waals surface area (Å²) in [5.41, 5.74) is -0.0664. The van der Waals surface area contributed by atoms with Gasteiger partial charge in [-0.15, -0.1) is 0 Å². The van der Waals surface area contributed by atoms with Gasteiger partial charge in [0.15, 0.2) is 0 Å². The van der Waals surface area contributed by atoms with Gasteiger partial charge in [0.1, 0.15) is 0 Å². The smallest absolute Gasteiger partial charge is 0.236 e. The summed E-state index contributed by atoms with van der Waals surface area (Å²) in [6.45, 7) is 6.01. The van der Waals surface area contributed by atoms with Crippen LogP contribution in [0.4, 0.5) is 0 Å². The summed E-state index contributed by atoms with van der Waals surface area (Å²) in [6.07, 6.45) is 0.926. The lowest BCUT2D eigenvalue weighted by Gasteiger charge is -2.37. The molecule has 14 heavy (non-hydrogen) atoms. The van der Waals surface area contributed by atoms with E-state index in [0.717, 1.165) is 19.5 Å². The number of rotatable bonds is 3. The topological polar surface area (TPSA) is 23.6 Å². The number of hydrogen-bond acceptors (Lipinski definition) is 2. The van der Waals surface area contributed by atoms with Crippen molar-refractivity contribution >= 4 is 21.8 Å². The molecule has 0 N–H and O–H groups in total. The number of likely N-dealkylation sites (N-methyl/N-ethyl adjacent to an activating group) is 1. The number of alkyl halides is 1. The van der Waals surface area contributed by atoms with Crippen LogP contribution in [-0.4, -0.2) is 53.3 Å². The highest BCUT2D eigenvalue weighted by Gasteiger charge is 2.38. The molecule has 0 aromatic carbocycles. The van der Waals surface area contributed by atoms with Gasteiger partial charge in [-0.3, -0.25) is 4.79 Å². The Hall–Kier alpha value is -0.0900. The van der Waals surface area contributed by atoms with Gasteiger partial charge in [0.2, 0.25) is 5.91 Å². The first-order valence-electron chi connectivity index (χ1n) is 4.95. The van der Waals surface area contributed by atoms with Crippen LogP contribution in [0.15, 0.2) is 0 Å². The van der Waals surface area contributed by atoms with Crippen LogP contribution in [0.3, 0.4) is 0 Å². The summed E-state index contributed by atoms with van der Waals surface area (Å²) >= 11 is 3.40. The number of carbonyl (C=O) groups is 1. The molecule has 1 aliphatic heterocycles. The van der Waals surface area contributed by atoms with Gasteiger partial charge in [-0.2, -0.15) is 0 Å². The predicted molar refractivity (Wildman–Crippen MR) is 61.7 cm³/mol. The molecule has 0 bridgehead atoms. The van der Waals surface area contributed by atoms with Crippen molar-refractivity contribution in [1.82, 2.24) is 9.80 Å². The Balaban J connectivity index is 2.68. The maximum absolute atomic E-state index is 11.8. The number of carbonyl (C=O) groups excluding carboxylic acids is 1. The van der Waals surface area contributed by atoms with Crippen molar-refractivity contribution < 1.29 is 4.79 Å². The normalized spacial score (nSPS) is 23.7. The minimum Gasteiger partial charge on any atom is -0.335 e. The van der Waals surface area contributed by atoms with Gasteiger partial charge in [0, 0.05) is 18.6 Å². The number of likely N-dealkylation sites (tertiary alicyclic amines) is 1. The molecular formula is C10H19BrN2O. The average Bonchev–Trinajstić information content (AvgIpc) is 2.30. The Kier molecular flexibility index (Phi) is 3.58. The number of halogens is 1. The van der Waals surface area contributed by atoms with Crippen molar-refractivity contribution in [2.45, 2.75) is 30.6 Å². The molecule has 1 rings (SSSR count). The third kappa shape index (κ3) is 2.48. The summed E-state index contributed by atoms with van der Waals surface area (Å²) in [7, 11) is 4.07. The minimum atomic E-state index is -0.0664. The fourth-order valence-electron chi connectivity index (χ4n) is 2.11. The highest BCUT2D eigenvalue weighted by atomic mass is 79.9. The Morgan fingerprint density at radius 3 is 2.50 bits per heavy atom. The molecular weight excluding hydrogens is 244 g/mol. The minimum absolute atomic E-state index is 0.0314. The van der Waals surface area contributed by atoms with Gasteiger partial charge in [0.05, 0.1) is 4.83 Å². The van der Waals surface area contributed by atoms with Crippen molar-refractivity contribution in [3.05, 3.63) is 0 Å². The summed E-state index contributed by atoms with van der Waals surface area (Å²) in [6, 6.07) is 0. The zero-order valence-corrected chi connectivity index (χ0v) is 11.0. The van der Waals surface area contributed by atoms with E-state index < -0.39 is 0 Å². The molecule has 4 heteroatoms. The van der Waals surface area contributed by atoms with Crippen molar-refractivity contribution in [1.29, 1.82) is 0 Å². The molecule has 1 saturated heterocycles. The molecule has 82 valence electrons. The molecule has 1 atom stereocenters. The van der Waals surface area contributed by atoms with Crippen LogP contribution in [0.2, 0.25) is 0 Å². The third-order valence-electron chi connectivity index (χ3n) is 2.57. The Morgan fingerprint density at radius 1 is 1.57 bits per heavy atom. The van der Waals surface area contributed by atoms with E-state index in [9.17, 15) is 4.79 Å². The Morgan fingerprint density at radius 2 is 2.14 bits per heavy atom. The van der Waals surface area contributed by atoms with Gasteiger partial charge < -0.3 is 9.80 Å². The lowest BCUT2D eigenvalue weighted by Crippen LogP contribution is -2.51. The van der Waals surface area contributed by atoms with E-state index in [1.54, 1.807) is 0 Å². The molecule has 0 aromatic rings. The third-order valence-corrected chi connectivity index (χ3v) is 3.42.